The predicted molar refractivity (Wildman–Crippen MR) is 373 cm³/mol. The molecular weight excluding hydrogens is 1140 g/mol. The van der Waals surface area contributed by atoms with Crippen LogP contribution in [0.4, 0.5) is 0 Å². The molecular formula is C84H51BN4O4. The van der Waals surface area contributed by atoms with Gasteiger partial charge in [0.25, 0.3) is 13.0 Å². The van der Waals surface area contributed by atoms with E-state index in [0.717, 1.165) is 168 Å². The first-order valence-corrected chi connectivity index (χ1v) is 31.3. The molecule has 0 spiro atoms. The summed E-state index contributed by atoms with van der Waals surface area (Å²) in [6.45, 7) is -0.121. The topological polar surface area (TPSA) is 63.6 Å². The van der Waals surface area contributed by atoms with Crippen molar-refractivity contribution in [1.82, 2.24) is 14.1 Å². The molecule has 3 aromatic heterocycles. The number of benzene rings is 13. The quantitative estimate of drug-likeness (QED) is 0.0734. The van der Waals surface area contributed by atoms with E-state index in [0.29, 0.717) is 11.5 Å². The van der Waals surface area contributed by atoms with E-state index < -0.39 is 0 Å². The zero-order valence-corrected chi connectivity index (χ0v) is 49.9. The van der Waals surface area contributed by atoms with Crippen LogP contribution in [0.2, 0.25) is 0 Å². The van der Waals surface area contributed by atoms with E-state index >= 15 is 0 Å². The Balaban J connectivity index is 0.754. The molecule has 0 amide bonds. The number of imidazole rings is 1. The Kier molecular flexibility index (Phi) is 11.9. The van der Waals surface area contributed by atoms with Crippen molar-refractivity contribution in [3.63, 3.8) is 0 Å². The average molecular weight is 1190 g/mol. The highest BCUT2D eigenvalue weighted by Gasteiger charge is 2.47. The van der Waals surface area contributed by atoms with Crippen molar-refractivity contribution in [1.29, 1.82) is 0 Å². The number of aromatic nitrogens is 4. The van der Waals surface area contributed by atoms with E-state index in [9.17, 15) is 0 Å². The van der Waals surface area contributed by atoms with Gasteiger partial charge in [0.15, 0.2) is 0 Å². The minimum absolute atomic E-state index is 0.121. The van der Waals surface area contributed by atoms with E-state index in [1.807, 2.05) is 72.9 Å². The molecule has 0 unspecified atom stereocenters. The second-order valence-corrected chi connectivity index (χ2v) is 23.9. The van der Waals surface area contributed by atoms with Crippen LogP contribution in [0.15, 0.2) is 310 Å². The van der Waals surface area contributed by atoms with Gasteiger partial charge in [0.2, 0.25) is 0 Å². The highest BCUT2D eigenvalue weighted by Crippen LogP contribution is 2.48. The molecule has 3 aliphatic rings. The van der Waals surface area contributed by atoms with Gasteiger partial charge in [0.1, 0.15) is 51.6 Å². The number of hydrogen-bond donors (Lipinski definition) is 0. The third-order valence-corrected chi connectivity index (χ3v) is 18.5. The maximum atomic E-state index is 7.02. The number of hydrogen-bond acceptors (Lipinski definition) is 5. The van der Waals surface area contributed by atoms with Gasteiger partial charge in [0.05, 0.1) is 39.0 Å². The van der Waals surface area contributed by atoms with Crippen molar-refractivity contribution in [2.24, 2.45) is 0 Å². The van der Waals surface area contributed by atoms with Gasteiger partial charge in [-0.25, -0.2) is 4.98 Å². The molecule has 0 N–H and O–H groups in total. The number of pyridine rings is 1. The molecule has 434 valence electrons. The molecule has 0 saturated carbocycles. The summed E-state index contributed by atoms with van der Waals surface area (Å²) in [7, 11) is 0. The first kappa shape index (κ1) is 52.5. The van der Waals surface area contributed by atoms with Crippen LogP contribution in [-0.2, 0) is 0 Å². The number of rotatable bonds is 11. The van der Waals surface area contributed by atoms with Crippen molar-refractivity contribution in [2.75, 3.05) is 0 Å². The van der Waals surface area contributed by atoms with Gasteiger partial charge in [-0.05, 0) is 170 Å². The number of para-hydroxylation sites is 3. The summed E-state index contributed by atoms with van der Waals surface area (Å²) in [5.74, 6) is 5.96. The third kappa shape index (κ3) is 8.62. The summed E-state index contributed by atoms with van der Waals surface area (Å²) in [5, 5.41) is 1.92. The minimum atomic E-state index is -0.121. The lowest BCUT2D eigenvalue weighted by atomic mass is 9.34. The van der Waals surface area contributed by atoms with Gasteiger partial charge in [-0.15, -0.1) is 0 Å². The Morgan fingerprint density at radius 1 is 0.366 bits per heavy atom. The smallest absolute Gasteiger partial charge is 0.270 e. The van der Waals surface area contributed by atoms with Crippen LogP contribution in [0.5, 0.6) is 46.0 Å². The van der Waals surface area contributed by atoms with Crippen LogP contribution in [0.1, 0.15) is 0 Å². The molecule has 0 saturated heterocycles. The van der Waals surface area contributed by atoms with Crippen LogP contribution in [0.25, 0.3) is 117 Å². The van der Waals surface area contributed by atoms with Gasteiger partial charge >= 0.3 is 0 Å². The monoisotopic (exact) mass is 1190 g/mol. The predicted octanol–water partition coefficient (Wildman–Crippen LogP) is 18.8. The molecule has 0 atom stereocenters. The van der Waals surface area contributed by atoms with E-state index in [-0.39, 0.29) is 6.71 Å². The molecule has 3 aliphatic heterocycles. The molecule has 8 nitrogen and oxygen atoms in total. The highest BCUT2D eigenvalue weighted by atomic mass is 16.5. The molecule has 16 aromatic rings. The Labute approximate surface area is 536 Å². The molecule has 0 aliphatic carbocycles. The molecule has 13 aromatic carbocycles. The molecule has 9 heteroatoms. The van der Waals surface area contributed by atoms with Gasteiger partial charge in [-0.1, -0.05) is 188 Å². The van der Waals surface area contributed by atoms with Gasteiger partial charge in [0, 0.05) is 40.1 Å². The summed E-state index contributed by atoms with van der Waals surface area (Å²) in [6.07, 6.45) is 5.82. The maximum Gasteiger partial charge on any atom is 0.270 e. The fourth-order valence-corrected chi connectivity index (χ4v) is 14.4. The van der Waals surface area contributed by atoms with Gasteiger partial charge < -0.3 is 18.9 Å². The van der Waals surface area contributed by atoms with Crippen LogP contribution in [-0.4, -0.2) is 20.8 Å². The third-order valence-electron chi connectivity index (χ3n) is 18.5. The van der Waals surface area contributed by atoms with Crippen LogP contribution >= 0.6 is 0 Å². The SMILES string of the molecule is [c-]1n(-c2cccc(Oc3cccc(-n4c5cc6c7c(c5c5cccnc54)Oc4cccc5c4B7c4c(cccc4O6)O5)c3)c2)c2ccccc2[n+]1-c1c(-c2cc(-c3ccccc3)cc(-c3ccccc3)c2)cccc1-c1cc(-c2ccccc2)cc(-c2ccccc2)c1. The van der Waals surface area contributed by atoms with Crippen LogP contribution < -0.4 is 39.9 Å². The van der Waals surface area contributed by atoms with E-state index in [1.54, 1.807) is 0 Å². The molecule has 0 fully saturated rings. The maximum absolute atomic E-state index is 7.02. The number of ether oxygens (including phenoxy) is 4. The fourth-order valence-electron chi connectivity index (χ4n) is 14.4. The molecule has 19 rings (SSSR count). The van der Waals surface area contributed by atoms with Gasteiger partial charge in [-0.3, -0.25) is 13.7 Å². The van der Waals surface area contributed by atoms with Crippen molar-refractivity contribution in [3.05, 3.63) is 316 Å². The number of fused-ring (bicyclic) bond motifs is 5. The highest BCUT2D eigenvalue weighted by molar-refractivity contribution is 6.99. The summed E-state index contributed by atoms with van der Waals surface area (Å²) < 4.78 is 33.9. The lowest BCUT2D eigenvalue weighted by molar-refractivity contribution is -0.571. The Morgan fingerprint density at radius 3 is 1.41 bits per heavy atom. The first-order chi connectivity index (χ1) is 46.1. The molecule has 0 bridgehead atoms. The Morgan fingerprint density at radius 2 is 0.839 bits per heavy atom. The second-order valence-electron chi connectivity index (χ2n) is 23.9. The second kappa shape index (κ2) is 21.1. The van der Waals surface area contributed by atoms with Crippen molar-refractivity contribution < 1.29 is 23.5 Å². The van der Waals surface area contributed by atoms with Crippen molar-refractivity contribution in [3.8, 4) is 130 Å². The molecule has 6 heterocycles. The van der Waals surface area contributed by atoms with Crippen LogP contribution in [0.3, 0.4) is 0 Å². The van der Waals surface area contributed by atoms with Crippen molar-refractivity contribution in [2.45, 2.75) is 0 Å². The standard InChI is InChI=1S/C84H51BN4O4/c1-5-21-53(22-6-1)57-43-58(54-23-7-2-8-24-54)46-61(45-57)67-33-17-34-68(62-47-59(55-25-9-3-10-26-55)44-60(48-62)56-27-11-4-12-28-56)82(67)88-52-87(70-36-13-14-37-71(70)88)63-29-15-31-65(49-63)90-66-32-16-30-64(50-66)89-72-51-77-81-83(78(72)69-35-20-42-86-84(69)89)93-76-41-19-39-74-80(76)85(81)79-73(91-74)38-18-40-75(79)92-77/h1-51H. The zero-order valence-electron chi connectivity index (χ0n) is 49.9. The van der Waals surface area contributed by atoms with E-state index in [4.69, 9.17) is 23.9 Å². The summed E-state index contributed by atoms with van der Waals surface area (Å²) in [6, 6.07) is 107. The Hall–Kier alpha value is -12.5. The average Bonchev–Trinajstić information content (AvgIpc) is 1.67. The largest absolute Gasteiger partial charge is 0.458 e. The van der Waals surface area contributed by atoms with Crippen LogP contribution in [0, 0.1) is 6.33 Å². The first-order valence-electron chi connectivity index (χ1n) is 31.3. The summed E-state index contributed by atoms with van der Waals surface area (Å²) >= 11 is 0. The molecule has 93 heavy (non-hydrogen) atoms. The lowest BCUT2D eigenvalue weighted by Gasteiger charge is -2.37. The Bertz CT molecular complexity index is 5430. The lowest BCUT2D eigenvalue weighted by Crippen LogP contribution is -2.59. The summed E-state index contributed by atoms with van der Waals surface area (Å²) in [4.78, 5) is 5.06. The van der Waals surface area contributed by atoms with E-state index in [1.165, 1.54) is 0 Å². The minimum Gasteiger partial charge on any atom is -0.458 e. The normalized spacial score (nSPS) is 12.3. The summed E-state index contributed by atoms with van der Waals surface area (Å²) in [5.41, 5.74) is 22.8. The zero-order chi connectivity index (χ0) is 61.1. The van der Waals surface area contributed by atoms with Crippen molar-refractivity contribution >= 4 is 56.1 Å². The fraction of sp³-hybridized carbons (Fsp3) is 0. The molecule has 0 radical (unpaired) electrons. The van der Waals surface area contributed by atoms with Gasteiger partial charge in [-0.2, -0.15) is 0 Å². The van der Waals surface area contributed by atoms with E-state index in [2.05, 4.69) is 257 Å². The number of nitrogens with zero attached hydrogens (tertiary/aromatic N) is 4.